The zero-order valence-corrected chi connectivity index (χ0v) is 23.6. The molecular weight excluding hydrogens is 532 g/mol. The zero-order valence-electron chi connectivity index (χ0n) is 22.8. The van der Waals surface area contributed by atoms with Gasteiger partial charge in [0, 0.05) is 30.4 Å². The maximum atomic E-state index is 13.0. The van der Waals surface area contributed by atoms with Crippen LogP contribution in [0, 0.1) is 12.3 Å². The summed E-state index contributed by atoms with van der Waals surface area (Å²) in [4.78, 5) is 29.8. The van der Waals surface area contributed by atoms with Gasteiger partial charge in [-0.15, -0.1) is 0 Å². The lowest BCUT2D eigenvalue weighted by atomic mass is 9.75. The van der Waals surface area contributed by atoms with Gasteiger partial charge in [-0.05, 0) is 76.1 Å². The minimum Gasteiger partial charge on any atom is -0.760 e. The highest BCUT2D eigenvalue weighted by atomic mass is 32.2. The fraction of sp³-hybridized carbons (Fsp3) is 0.483. The van der Waals surface area contributed by atoms with Crippen LogP contribution in [-0.2, 0) is 22.6 Å². The van der Waals surface area contributed by atoms with Gasteiger partial charge in [0.2, 0.25) is 5.71 Å². The molecule has 0 spiro atoms. The normalized spacial score (nSPS) is 17.7. The molecule has 3 heterocycles. The van der Waals surface area contributed by atoms with E-state index in [0.717, 1.165) is 29.5 Å². The Bertz CT molecular complexity index is 1430. The number of hydrogen-bond donors (Lipinski definition) is 3. The van der Waals surface area contributed by atoms with E-state index < -0.39 is 22.7 Å². The number of aliphatic carboxylic acids is 1. The molecule has 1 aliphatic carbocycles. The van der Waals surface area contributed by atoms with Gasteiger partial charge in [-0.3, -0.25) is 13.8 Å². The van der Waals surface area contributed by atoms with Crippen molar-refractivity contribution < 1.29 is 27.9 Å². The second-order valence-electron chi connectivity index (χ2n) is 10.9. The molecule has 1 saturated heterocycles. The summed E-state index contributed by atoms with van der Waals surface area (Å²) in [6, 6.07) is 9.63. The molecule has 2 aliphatic rings. The first-order valence-electron chi connectivity index (χ1n) is 13.8. The van der Waals surface area contributed by atoms with E-state index in [1.54, 1.807) is 7.05 Å². The molecule has 3 N–H and O–H groups in total. The topological polar surface area (TPSA) is 148 Å². The van der Waals surface area contributed by atoms with Crippen molar-refractivity contribution >= 4 is 34.2 Å². The summed E-state index contributed by atoms with van der Waals surface area (Å²) >= 11 is -2.52. The number of aryl methyl sites for hydroxylation is 1. The molecule has 1 aromatic carbocycles. The number of aromatic nitrogens is 1. The summed E-state index contributed by atoms with van der Waals surface area (Å²) in [7, 11) is 1.57. The summed E-state index contributed by atoms with van der Waals surface area (Å²) in [5.74, 6) is -0.431. The van der Waals surface area contributed by atoms with E-state index in [1.807, 2.05) is 37.3 Å². The summed E-state index contributed by atoms with van der Waals surface area (Å²) in [5.41, 5.74) is 3.22. The van der Waals surface area contributed by atoms with Crippen LogP contribution in [0.2, 0.25) is 0 Å². The SMILES string of the molecule is CNC(=O)c1c(-c2ccc(C)cc2)oc2nc(CN(CCCC3(C(=O)O)CCNCC3)S(=O)[O-])c(C3CC3)cc12. The third-order valence-electron chi connectivity index (χ3n) is 8.19. The molecule has 1 amide bonds. The van der Waals surface area contributed by atoms with Gasteiger partial charge in [0.15, 0.2) is 0 Å². The van der Waals surface area contributed by atoms with Crippen molar-refractivity contribution in [1.82, 2.24) is 19.9 Å². The number of carbonyl (C=O) groups excluding carboxylic acids is 1. The molecule has 1 saturated carbocycles. The van der Waals surface area contributed by atoms with Gasteiger partial charge >= 0.3 is 5.97 Å². The van der Waals surface area contributed by atoms with E-state index in [1.165, 1.54) is 4.31 Å². The lowest BCUT2D eigenvalue weighted by molar-refractivity contribution is -0.151. The number of fused-ring (bicyclic) bond motifs is 1. The Balaban J connectivity index is 1.45. The van der Waals surface area contributed by atoms with Gasteiger partial charge in [-0.1, -0.05) is 29.8 Å². The number of carbonyl (C=O) groups is 2. The molecule has 3 aromatic rings. The maximum absolute atomic E-state index is 13.0. The number of hydrogen-bond acceptors (Lipinski definition) is 7. The number of rotatable bonds is 11. The van der Waals surface area contributed by atoms with Crippen molar-refractivity contribution in [2.24, 2.45) is 5.41 Å². The summed E-state index contributed by atoms with van der Waals surface area (Å²) in [6.07, 6.45) is 3.83. The average Bonchev–Trinajstić information content (AvgIpc) is 3.72. The van der Waals surface area contributed by atoms with Crippen molar-refractivity contribution in [3.8, 4) is 11.3 Å². The van der Waals surface area contributed by atoms with Crippen molar-refractivity contribution in [2.45, 2.75) is 57.9 Å². The predicted octanol–water partition coefficient (Wildman–Crippen LogP) is 3.87. The van der Waals surface area contributed by atoms with E-state index in [-0.39, 0.29) is 30.6 Å². The van der Waals surface area contributed by atoms with Crippen LogP contribution in [0.4, 0.5) is 0 Å². The van der Waals surface area contributed by atoms with Crippen LogP contribution < -0.4 is 10.6 Å². The van der Waals surface area contributed by atoms with E-state index in [2.05, 4.69) is 10.6 Å². The Morgan fingerprint density at radius 2 is 1.95 bits per heavy atom. The van der Waals surface area contributed by atoms with Gasteiger partial charge < -0.3 is 24.7 Å². The number of furan rings is 1. The van der Waals surface area contributed by atoms with Crippen molar-refractivity contribution in [3.63, 3.8) is 0 Å². The molecule has 10 nitrogen and oxygen atoms in total. The van der Waals surface area contributed by atoms with Crippen LogP contribution in [0.5, 0.6) is 0 Å². The van der Waals surface area contributed by atoms with E-state index in [9.17, 15) is 23.5 Å². The molecule has 5 rings (SSSR count). The number of carboxylic acid groups (broad SMARTS) is 1. The van der Waals surface area contributed by atoms with Crippen LogP contribution in [-0.4, -0.2) is 61.7 Å². The Morgan fingerprint density at radius 1 is 1.25 bits per heavy atom. The van der Waals surface area contributed by atoms with Crippen LogP contribution in [0.25, 0.3) is 22.4 Å². The van der Waals surface area contributed by atoms with Gasteiger partial charge in [0.05, 0.1) is 28.6 Å². The second-order valence-corrected chi connectivity index (χ2v) is 11.9. The van der Waals surface area contributed by atoms with Crippen LogP contribution in [0.1, 0.15) is 71.6 Å². The fourth-order valence-electron chi connectivity index (χ4n) is 5.65. The first-order chi connectivity index (χ1) is 19.2. The molecule has 2 fully saturated rings. The minimum atomic E-state index is -2.52. The number of nitrogens with zero attached hydrogens (tertiary/aromatic N) is 2. The number of benzene rings is 1. The Hall–Kier alpha value is -3.12. The monoisotopic (exact) mass is 567 g/mol. The van der Waals surface area contributed by atoms with E-state index in [0.29, 0.717) is 61.2 Å². The highest BCUT2D eigenvalue weighted by Gasteiger charge is 2.39. The third-order valence-corrected chi connectivity index (χ3v) is 8.93. The quantitative estimate of drug-likeness (QED) is 0.296. The molecular formula is C29H35N4O6S-. The zero-order chi connectivity index (χ0) is 28.4. The second kappa shape index (κ2) is 11.8. The highest BCUT2D eigenvalue weighted by molar-refractivity contribution is 7.76. The summed E-state index contributed by atoms with van der Waals surface area (Å²) < 4.78 is 32.0. The number of amides is 1. The molecule has 1 atom stereocenters. The van der Waals surface area contributed by atoms with Crippen LogP contribution >= 0.6 is 0 Å². The lowest BCUT2D eigenvalue weighted by Crippen LogP contribution is -2.42. The van der Waals surface area contributed by atoms with Crippen molar-refractivity contribution in [2.75, 3.05) is 26.7 Å². The lowest BCUT2D eigenvalue weighted by Gasteiger charge is -2.34. The number of carboxylic acids is 1. The van der Waals surface area contributed by atoms with Crippen LogP contribution in [0.15, 0.2) is 34.7 Å². The summed E-state index contributed by atoms with van der Waals surface area (Å²) in [6.45, 7) is 3.51. The number of pyridine rings is 1. The first-order valence-corrected chi connectivity index (χ1v) is 14.8. The molecule has 1 aliphatic heterocycles. The summed E-state index contributed by atoms with van der Waals surface area (Å²) in [5, 5.41) is 16.4. The fourth-order valence-corrected chi connectivity index (χ4v) is 6.16. The average molecular weight is 568 g/mol. The molecule has 40 heavy (non-hydrogen) atoms. The molecule has 11 heteroatoms. The Morgan fingerprint density at radius 3 is 2.55 bits per heavy atom. The highest BCUT2D eigenvalue weighted by Crippen LogP contribution is 2.44. The van der Waals surface area contributed by atoms with E-state index >= 15 is 0 Å². The minimum absolute atomic E-state index is 0.0510. The Kier molecular flexibility index (Phi) is 8.37. The van der Waals surface area contributed by atoms with Crippen molar-refractivity contribution in [1.29, 1.82) is 0 Å². The number of piperidine rings is 1. The molecule has 2 aromatic heterocycles. The molecule has 0 radical (unpaired) electrons. The van der Waals surface area contributed by atoms with Crippen molar-refractivity contribution in [3.05, 3.63) is 52.7 Å². The number of nitrogens with one attached hydrogen (secondary N) is 2. The Labute approximate surface area is 236 Å². The third kappa shape index (κ3) is 5.83. The largest absolute Gasteiger partial charge is 0.760 e. The van der Waals surface area contributed by atoms with Gasteiger partial charge in [0.1, 0.15) is 5.76 Å². The smallest absolute Gasteiger partial charge is 0.309 e. The van der Waals surface area contributed by atoms with Gasteiger partial charge in [0.25, 0.3) is 5.91 Å². The maximum Gasteiger partial charge on any atom is 0.309 e. The van der Waals surface area contributed by atoms with E-state index in [4.69, 9.17) is 9.40 Å². The molecule has 0 bridgehead atoms. The van der Waals surface area contributed by atoms with Gasteiger partial charge in [-0.25, -0.2) is 9.29 Å². The predicted molar refractivity (Wildman–Crippen MR) is 150 cm³/mol. The molecule has 214 valence electrons. The standard InChI is InChI=1S/C29H36N4O6S/c1-18-4-6-20(7-5-18)25-24(26(34)30-2)22-16-21(19-8-9-19)23(32-27(22)39-25)17-33(40(37)38)15-3-10-29(28(35)36)11-13-31-14-12-29/h4-7,16,19,31H,3,8-15,17H2,1-2H3,(H,30,34)(H,35,36)(H,37,38)/p-1. The van der Waals surface area contributed by atoms with Gasteiger partial charge in [-0.2, -0.15) is 0 Å². The van der Waals surface area contributed by atoms with Crippen LogP contribution in [0.3, 0.4) is 0 Å². The molecule has 1 unspecified atom stereocenters. The first kappa shape index (κ1) is 28.4.